The summed E-state index contributed by atoms with van der Waals surface area (Å²) in [5, 5.41) is 2.63. The van der Waals surface area contributed by atoms with Crippen LogP contribution in [0.25, 0.3) is 12.2 Å². The molecule has 0 radical (unpaired) electrons. The molecule has 26 heavy (non-hydrogen) atoms. The molecule has 1 nitrogen and oxygen atoms in total. The lowest BCUT2D eigenvalue weighted by Gasteiger charge is -2.39. The lowest BCUT2D eigenvalue weighted by Crippen LogP contribution is -2.37. The summed E-state index contributed by atoms with van der Waals surface area (Å²) < 4.78 is 0. The number of Topliss-reactive ketones (excluding diaryl/α,β-unsaturated/α-hetero) is 1. The molecule has 0 N–H and O–H groups in total. The highest BCUT2D eigenvalue weighted by molar-refractivity contribution is 5.95. The fourth-order valence-corrected chi connectivity index (χ4v) is 7.77. The van der Waals surface area contributed by atoms with Crippen molar-refractivity contribution in [3.63, 3.8) is 0 Å². The molecule has 1 spiro atoms. The molecule has 0 amide bonds. The number of hydrogen-bond donors (Lipinski definition) is 0. The van der Waals surface area contributed by atoms with Crippen LogP contribution in [0.5, 0.6) is 0 Å². The van der Waals surface area contributed by atoms with Crippen LogP contribution in [0.3, 0.4) is 0 Å². The summed E-state index contributed by atoms with van der Waals surface area (Å²) in [5.74, 6) is 2.62. The fourth-order valence-electron chi connectivity index (χ4n) is 7.77. The molecule has 6 aliphatic carbocycles. The average Bonchev–Trinajstić information content (AvgIpc) is 3.29. The van der Waals surface area contributed by atoms with Crippen molar-refractivity contribution in [2.75, 3.05) is 0 Å². The summed E-state index contributed by atoms with van der Waals surface area (Å²) >= 11 is 0. The number of fused-ring (bicyclic) bond motifs is 3. The van der Waals surface area contributed by atoms with E-state index in [1.54, 1.807) is 5.57 Å². The molecule has 1 fully saturated rings. The zero-order valence-corrected chi connectivity index (χ0v) is 15.3. The SMILES string of the molecule is CC1CC2=C3C4CCC2(C4)C2=C4C=c5cc(ccc5=CC4C(=O)CC2)C31. The van der Waals surface area contributed by atoms with Crippen LogP contribution in [0.15, 0.2) is 40.5 Å². The van der Waals surface area contributed by atoms with E-state index in [1.807, 2.05) is 11.1 Å². The van der Waals surface area contributed by atoms with Gasteiger partial charge in [-0.05, 0) is 65.5 Å². The number of hydrogen-bond acceptors (Lipinski definition) is 1. The highest BCUT2D eigenvalue weighted by atomic mass is 16.1. The van der Waals surface area contributed by atoms with Crippen molar-refractivity contribution in [2.24, 2.45) is 23.2 Å². The van der Waals surface area contributed by atoms with Crippen molar-refractivity contribution < 1.29 is 4.79 Å². The Morgan fingerprint density at radius 1 is 1.12 bits per heavy atom. The van der Waals surface area contributed by atoms with Crippen LogP contribution < -0.4 is 10.4 Å². The largest absolute Gasteiger partial charge is 0.299 e. The predicted octanol–water partition coefficient (Wildman–Crippen LogP) is 3.77. The summed E-state index contributed by atoms with van der Waals surface area (Å²) in [5.41, 5.74) is 8.53. The van der Waals surface area contributed by atoms with Gasteiger partial charge in [0.2, 0.25) is 0 Å². The first-order valence-electron chi connectivity index (χ1n) is 10.5. The molecule has 8 bridgehead atoms. The molecule has 0 aliphatic heterocycles. The summed E-state index contributed by atoms with van der Waals surface area (Å²) in [7, 11) is 0. The van der Waals surface area contributed by atoms with E-state index in [0.717, 1.165) is 24.7 Å². The normalized spacial score (nSPS) is 40.9. The molecule has 0 saturated heterocycles. The summed E-state index contributed by atoms with van der Waals surface area (Å²) in [4.78, 5) is 12.8. The van der Waals surface area contributed by atoms with E-state index in [9.17, 15) is 4.79 Å². The first kappa shape index (κ1) is 14.2. The Balaban J connectivity index is 1.66. The van der Waals surface area contributed by atoms with Gasteiger partial charge in [-0.2, -0.15) is 0 Å². The van der Waals surface area contributed by atoms with E-state index in [1.165, 1.54) is 47.3 Å². The highest BCUT2D eigenvalue weighted by Gasteiger charge is 2.58. The van der Waals surface area contributed by atoms with Crippen LogP contribution in [0, 0.1) is 23.2 Å². The molecule has 7 rings (SSSR count). The predicted molar refractivity (Wildman–Crippen MR) is 103 cm³/mol. The number of carbonyl (C=O) groups is 1. The van der Waals surface area contributed by atoms with Crippen LogP contribution in [0.2, 0.25) is 0 Å². The lowest BCUT2D eigenvalue weighted by molar-refractivity contribution is -0.120. The van der Waals surface area contributed by atoms with Crippen molar-refractivity contribution in [3.05, 3.63) is 56.5 Å². The number of benzene rings is 1. The molecule has 1 heteroatoms. The zero-order chi connectivity index (χ0) is 17.2. The average molecular weight is 340 g/mol. The second-order valence-corrected chi connectivity index (χ2v) is 9.69. The van der Waals surface area contributed by atoms with Crippen LogP contribution in [-0.4, -0.2) is 5.78 Å². The summed E-state index contributed by atoms with van der Waals surface area (Å²) in [6.07, 6.45) is 11.8. The van der Waals surface area contributed by atoms with E-state index >= 15 is 0 Å². The van der Waals surface area contributed by atoms with Crippen molar-refractivity contribution in [1.82, 2.24) is 0 Å². The Bertz CT molecular complexity index is 1100. The Hall–Kier alpha value is -1.89. The molecule has 1 saturated carbocycles. The van der Waals surface area contributed by atoms with Crippen LogP contribution in [0.4, 0.5) is 0 Å². The van der Waals surface area contributed by atoms with Gasteiger partial charge in [0.15, 0.2) is 0 Å². The monoisotopic (exact) mass is 340 g/mol. The van der Waals surface area contributed by atoms with Crippen molar-refractivity contribution in [2.45, 2.75) is 51.4 Å². The van der Waals surface area contributed by atoms with Gasteiger partial charge in [0.05, 0.1) is 5.92 Å². The van der Waals surface area contributed by atoms with E-state index in [-0.39, 0.29) is 5.92 Å². The third-order valence-corrected chi connectivity index (χ3v) is 8.67. The van der Waals surface area contributed by atoms with Gasteiger partial charge in [-0.15, -0.1) is 0 Å². The lowest BCUT2D eigenvalue weighted by atomic mass is 9.64. The van der Waals surface area contributed by atoms with Gasteiger partial charge in [-0.25, -0.2) is 0 Å². The van der Waals surface area contributed by atoms with Gasteiger partial charge >= 0.3 is 0 Å². The maximum absolute atomic E-state index is 12.8. The topological polar surface area (TPSA) is 17.1 Å². The van der Waals surface area contributed by atoms with Crippen LogP contribution in [-0.2, 0) is 4.79 Å². The van der Waals surface area contributed by atoms with E-state index < -0.39 is 0 Å². The van der Waals surface area contributed by atoms with E-state index in [0.29, 0.717) is 17.1 Å². The molecule has 0 heterocycles. The van der Waals surface area contributed by atoms with Gasteiger partial charge in [0.25, 0.3) is 0 Å². The number of rotatable bonds is 0. The number of carbonyl (C=O) groups excluding carboxylic acids is 1. The molecule has 5 atom stereocenters. The third kappa shape index (κ3) is 1.43. The second kappa shape index (κ2) is 4.32. The number of allylic oxidation sites excluding steroid dienone is 4. The van der Waals surface area contributed by atoms with Gasteiger partial charge in [-0.3, -0.25) is 4.79 Å². The second-order valence-electron chi connectivity index (χ2n) is 9.69. The zero-order valence-electron chi connectivity index (χ0n) is 15.3. The quantitative estimate of drug-likeness (QED) is 0.657. The maximum atomic E-state index is 12.8. The number of ketones is 1. The van der Waals surface area contributed by atoms with E-state index in [2.05, 4.69) is 37.3 Å². The summed E-state index contributed by atoms with van der Waals surface area (Å²) in [6.45, 7) is 2.47. The Morgan fingerprint density at radius 3 is 2.96 bits per heavy atom. The molecule has 130 valence electrons. The first-order valence-corrected chi connectivity index (χ1v) is 10.5. The molecule has 6 aliphatic rings. The van der Waals surface area contributed by atoms with Crippen molar-refractivity contribution in [1.29, 1.82) is 0 Å². The van der Waals surface area contributed by atoms with Crippen LogP contribution >= 0.6 is 0 Å². The summed E-state index contributed by atoms with van der Waals surface area (Å²) in [6, 6.07) is 7.10. The van der Waals surface area contributed by atoms with Crippen molar-refractivity contribution >= 4 is 17.9 Å². The van der Waals surface area contributed by atoms with Gasteiger partial charge in [-0.1, -0.05) is 54.0 Å². The van der Waals surface area contributed by atoms with Gasteiger partial charge < -0.3 is 0 Å². The Morgan fingerprint density at radius 2 is 2.04 bits per heavy atom. The van der Waals surface area contributed by atoms with Crippen molar-refractivity contribution in [3.8, 4) is 0 Å². The fraction of sp³-hybridized carbons (Fsp3) is 0.480. The van der Waals surface area contributed by atoms with Gasteiger partial charge in [0.1, 0.15) is 5.78 Å². The molecule has 1 aromatic rings. The Labute approximate surface area is 154 Å². The molecule has 1 aromatic carbocycles. The maximum Gasteiger partial charge on any atom is 0.144 e. The minimum Gasteiger partial charge on any atom is -0.299 e. The standard InChI is InChI=1S/C25H24O/c1-13-8-21-24-16-6-7-25(21,12-16)20-4-5-22(26)19-10-14-2-3-15(23(13)24)9-17(14)11-18(19)20/h2-3,9-11,13,16,19,23H,4-8,12H2,1H3. The molecular weight excluding hydrogens is 316 g/mol. The molecular formula is C25H24O. The minimum atomic E-state index is 0.0178. The van der Waals surface area contributed by atoms with Crippen LogP contribution in [0.1, 0.15) is 56.9 Å². The first-order chi connectivity index (χ1) is 12.7. The smallest absolute Gasteiger partial charge is 0.144 e. The van der Waals surface area contributed by atoms with Gasteiger partial charge in [0, 0.05) is 17.8 Å². The van der Waals surface area contributed by atoms with E-state index in [4.69, 9.17) is 0 Å². The molecule has 5 unspecified atom stereocenters. The molecule has 0 aromatic heterocycles. The minimum absolute atomic E-state index is 0.0178. The highest BCUT2D eigenvalue weighted by Crippen LogP contribution is 2.70. The third-order valence-electron chi connectivity index (χ3n) is 8.67. The Kier molecular flexibility index (Phi) is 2.36.